The van der Waals surface area contributed by atoms with Crippen molar-refractivity contribution >= 4 is 5.97 Å². The van der Waals surface area contributed by atoms with E-state index in [4.69, 9.17) is 5.11 Å². The van der Waals surface area contributed by atoms with Gasteiger partial charge in [0.1, 0.15) is 5.82 Å². The first-order chi connectivity index (χ1) is 6.68. The van der Waals surface area contributed by atoms with Gasteiger partial charge in [-0.1, -0.05) is 0 Å². The number of carbonyl (C=O) groups is 1. The van der Waals surface area contributed by atoms with E-state index >= 15 is 0 Å². The van der Waals surface area contributed by atoms with E-state index < -0.39 is 5.97 Å². The first-order valence-corrected chi connectivity index (χ1v) is 4.42. The minimum absolute atomic E-state index is 0.120. The number of aromatic carboxylic acids is 1. The maximum absolute atomic E-state index is 13.3. The van der Waals surface area contributed by atoms with Crippen LogP contribution >= 0.6 is 0 Å². The molecule has 1 aromatic rings. The summed E-state index contributed by atoms with van der Waals surface area (Å²) in [5, 5.41) is 11.8. The summed E-state index contributed by atoms with van der Waals surface area (Å²) in [7, 11) is 0. The van der Waals surface area contributed by atoms with Gasteiger partial charge in [-0.3, -0.25) is 0 Å². The minimum atomic E-state index is -1.02. The molecule has 1 fully saturated rings. The summed E-state index contributed by atoms with van der Waals surface area (Å²) < 4.78 is 13.3. The molecule has 1 aromatic carbocycles. The van der Waals surface area contributed by atoms with Crippen LogP contribution in [0.4, 0.5) is 4.39 Å². The van der Waals surface area contributed by atoms with E-state index in [0.29, 0.717) is 5.56 Å². The van der Waals surface area contributed by atoms with E-state index in [0.717, 1.165) is 13.1 Å². The van der Waals surface area contributed by atoms with E-state index in [1.165, 1.54) is 18.2 Å². The van der Waals surface area contributed by atoms with Gasteiger partial charge in [-0.25, -0.2) is 9.18 Å². The fraction of sp³-hybridized carbons (Fsp3) is 0.300. The van der Waals surface area contributed by atoms with Gasteiger partial charge >= 0.3 is 5.97 Å². The summed E-state index contributed by atoms with van der Waals surface area (Å²) in [6.45, 7) is 1.44. The molecule has 0 aliphatic carbocycles. The van der Waals surface area contributed by atoms with Crippen LogP contribution in [0.15, 0.2) is 18.2 Å². The lowest BCUT2D eigenvalue weighted by Crippen LogP contribution is -2.40. The zero-order valence-electron chi connectivity index (χ0n) is 7.46. The van der Waals surface area contributed by atoms with Crippen molar-refractivity contribution in [1.82, 2.24) is 5.32 Å². The second-order valence-electron chi connectivity index (χ2n) is 3.40. The molecule has 1 heterocycles. The molecule has 14 heavy (non-hydrogen) atoms. The molecule has 3 nitrogen and oxygen atoms in total. The van der Waals surface area contributed by atoms with Gasteiger partial charge in [0, 0.05) is 19.0 Å². The molecule has 1 aliphatic rings. The fourth-order valence-corrected chi connectivity index (χ4v) is 1.50. The maximum atomic E-state index is 13.3. The number of hydrogen-bond donors (Lipinski definition) is 2. The van der Waals surface area contributed by atoms with Crippen molar-refractivity contribution in [2.24, 2.45) is 0 Å². The summed E-state index contributed by atoms with van der Waals surface area (Å²) in [5.74, 6) is -1.21. The smallest absolute Gasteiger partial charge is 0.335 e. The molecule has 1 aliphatic heterocycles. The van der Waals surface area contributed by atoms with E-state index in [1.807, 2.05) is 0 Å². The normalized spacial score (nSPS) is 16.4. The highest BCUT2D eigenvalue weighted by molar-refractivity contribution is 5.87. The van der Waals surface area contributed by atoms with Gasteiger partial charge in [0.25, 0.3) is 0 Å². The number of hydrogen-bond acceptors (Lipinski definition) is 2. The molecule has 0 spiro atoms. The molecule has 74 valence electrons. The van der Waals surface area contributed by atoms with E-state index in [-0.39, 0.29) is 17.3 Å². The number of rotatable bonds is 2. The predicted molar refractivity (Wildman–Crippen MR) is 49.0 cm³/mol. The Balaban J connectivity index is 2.36. The molecule has 0 atom stereocenters. The lowest BCUT2D eigenvalue weighted by Gasteiger charge is -2.27. The van der Waals surface area contributed by atoms with Gasteiger partial charge in [-0.05, 0) is 23.8 Å². The monoisotopic (exact) mass is 195 g/mol. The average Bonchev–Trinajstić information content (AvgIpc) is 2.05. The van der Waals surface area contributed by atoms with Gasteiger partial charge in [0.05, 0.1) is 5.56 Å². The van der Waals surface area contributed by atoms with Crippen LogP contribution < -0.4 is 5.32 Å². The van der Waals surface area contributed by atoms with Crippen LogP contribution in [0.1, 0.15) is 21.8 Å². The Morgan fingerprint density at radius 1 is 1.50 bits per heavy atom. The van der Waals surface area contributed by atoms with E-state index in [9.17, 15) is 9.18 Å². The number of carboxylic acid groups (broad SMARTS) is 1. The van der Waals surface area contributed by atoms with Crippen molar-refractivity contribution in [1.29, 1.82) is 0 Å². The maximum Gasteiger partial charge on any atom is 0.335 e. The quantitative estimate of drug-likeness (QED) is 0.745. The zero-order chi connectivity index (χ0) is 10.1. The molecule has 0 bridgehead atoms. The Labute approximate surface area is 80.6 Å². The Morgan fingerprint density at radius 2 is 2.21 bits per heavy atom. The van der Waals surface area contributed by atoms with Crippen molar-refractivity contribution in [3.05, 3.63) is 35.1 Å². The lowest BCUT2D eigenvalue weighted by molar-refractivity contribution is 0.0696. The van der Waals surface area contributed by atoms with Gasteiger partial charge in [0.2, 0.25) is 0 Å². The molecule has 0 amide bonds. The molecular weight excluding hydrogens is 185 g/mol. The molecule has 0 radical (unpaired) electrons. The molecule has 0 aromatic heterocycles. The Kier molecular flexibility index (Phi) is 2.21. The second-order valence-corrected chi connectivity index (χ2v) is 3.40. The topological polar surface area (TPSA) is 49.3 Å². The van der Waals surface area contributed by atoms with E-state index in [1.54, 1.807) is 0 Å². The average molecular weight is 195 g/mol. The Morgan fingerprint density at radius 3 is 2.71 bits per heavy atom. The first kappa shape index (κ1) is 9.15. The van der Waals surface area contributed by atoms with Crippen LogP contribution in [0.2, 0.25) is 0 Å². The SMILES string of the molecule is O=C(O)c1ccc(F)c(C2CNC2)c1. The molecule has 0 saturated carbocycles. The molecule has 2 rings (SSSR count). The predicted octanol–water partition coefficient (Wildman–Crippen LogP) is 1.21. The van der Waals surface area contributed by atoms with Gasteiger partial charge in [0.15, 0.2) is 0 Å². The Hall–Kier alpha value is -1.42. The highest BCUT2D eigenvalue weighted by atomic mass is 19.1. The van der Waals surface area contributed by atoms with Crippen molar-refractivity contribution in [2.45, 2.75) is 5.92 Å². The van der Waals surface area contributed by atoms with Crippen LogP contribution in [0.3, 0.4) is 0 Å². The minimum Gasteiger partial charge on any atom is -0.478 e. The standard InChI is InChI=1S/C10H10FNO2/c11-9-2-1-6(10(13)14)3-8(9)7-4-12-5-7/h1-3,7,12H,4-5H2,(H,13,14). The highest BCUT2D eigenvalue weighted by Crippen LogP contribution is 2.23. The van der Waals surface area contributed by atoms with Gasteiger partial charge in [-0.15, -0.1) is 0 Å². The third-order valence-corrected chi connectivity index (χ3v) is 2.46. The zero-order valence-corrected chi connectivity index (χ0v) is 7.46. The van der Waals surface area contributed by atoms with Crippen molar-refractivity contribution < 1.29 is 14.3 Å². The summed E-state index contributed by atoms with van der Waals surface area (Å²) in [4.78, 5) is 10.7. The van der Waals surface area contributed by atoms with Crippen LogP contribution in [0.5, 0.6) is 0 Å². The van der Waals surface area contributed by atoms with Crippen LogP contribution in [-0.4, -0.2) is 24.2 Å². The van der Waals surface area contributed by atoms with Gasteiger partial charge < -0.3 is 10.4 Å². The lowest BCUT2D eigenvalue weighted by atomic mass is 9.92. The van der Waals surface area contributed by atoms with Crippen molar-refractivity contribution in [2.75, 3.05) is 13.1 Å². The summed E-state index contributed by atoms with van der Waals surface area (Å²) in [6.07, 6.45) is 0. The second kappa shape index (κ2) is 3.38. The van der Waals surface area contributed by atoms with Crippen molar-refractivity contribution in [3.63, 3.8) is 0 Å². The molecular formula is C10H10FNO2. The van der Waals surface area contributed by atoms with Crippen LogP contribution in [0, 0.1) is 5.82 Å². The summed E-state index contributed by atoms with van der Waals surface area (Å²) in [6, 6.07) is 3.92. The number of halogens is 1. The van der Waals surface area contributed by atoms with Crippen molar-refractivity contribution in [3.8, 4) is 0 Å². The van der Waals surface area contributed by atoms with E-state index in [2.05, 4.69) is 5.32 Å². The largest absolute Gasteiger partial charge is 0.478 e. The van der Waals surface area contributed by atoms with Crippen LogP contribution in [-0.2, 0) is 0 Å². The number of carboxylic acids is 1. The molecule has 2 N–H and O–H groups in total. The third kappa shape index (κ3) is 1.48. The molecule has 0 unspecified atom stereocenters. The number of benzene rings is 1. The summed E-state index contributed by atoms with van der Waals surface area (Å²) >= 11 is 0. The summed E-state index contributed by atoms with van der Waals surface area (Å²) in [5.41, 5.74) is 0.650. The van der Waals surface area contributed by atoms with Crippen LogP contribution in [0.25, 0.3) is 0 Å². The molecule has 4 heteroatoms. The first-order valence-electron chi connectivity index (χ1n) is 4.42. The molecule has 1 saturated heterocycles. The fourth-order valence-electron chi connectivity index (χ4n) is 1.50. The highest BCUT2D eigenvalue weighted by Gasteiger charge is 2.23. The van der Waals surface area contributed by atoms with Gasteiger partial charge in [-0.2, -0.15) is 0 Å². The number of nitrogens with one attached hydrogen (secondary N) is 1. The third-order valence-electron chi connectivity index (χ3n) is 2.46. The Bertz CT molecular complexity index is 374.